The Balaban J connectivity index is 1.96. The number of aliphatic imine (C=N–C) groups is 1. The Hall–Kier alpha value is -1.55. The van der Waals surface area contributed by atoms with Gasteiger partial charge in [-0.05, 0) is 30.4 Å². The minimum absolute atomic E-state index is 0.348. The Labute approximate surface area is 109 Å². The summed E-state index contributed by atoms with van der Waals surface area (Å²) in [6.45, 7) is 3.13. The van der Waals surface area contributed by atoms with E-state index in [9.17, 15) is 0 Å². The SMILES string of the molecule is CC1(CN=C(NN)Nc2ccccc2)CCCC1. The third kappa shape index (κ3) is 3.47. The molecule has 4 heteroatoms. The maximum atomic E-state index is 5.51. The minimum Gasteiger partial charge on any atom is -0.325 e. The van der Waals surface area contributed by atoms with Gasteiger partial charge in [0.25, 0.3) is 0 Å². The van der Waals surface area contributed by atoms with Crippen LogP contribution in [0.4, 0.5) is 5.69 Å². The molecule has 0 saturated heterocycles. The fourth-order valence-corrected chi connectivity index (χ4v) is 2.44. The van der Waals surface area contributed by atoms with E-state index in [1.807, 2.05) is 30.3 Å². The molecule has 1 fully saturated rings. The number of hydrogen-bond acceptors (Lipinski definition) is 2. The first kappa shape index (κ1) is 12.9. The Bertz CT molecular complexity index is 394. The largest absolute Gasteiger partial charge is 0.325 e. The maximum Gasteiger partial charge on any atom is 0.210 e. The van der Waals surface area contributed by atoms with Crippen molar-refractivity contribution in [2.24, 2.45) is 16.3 Å². The fraction of sp³-hybridized carbons (Fsp3) is 0.500. The van der Waals surface area contributed by atoms with Crippen molar-refractivity contribution in [3.8, 4) is 0 Å². The van der Waals surface area contributed by atoms with Crippen molar-refractivity contribution in [2.75, 3.05) is 11.9 Å². The normalized spacial score (nSPS) is 18.7. The predicted octanol–water partition coefficient (Wildman–Crippen LogP) is 2.50. The van der Waals surface area contributed by atoms with Crippen LogP contribution in [0.25, 0.3) is 0 Å². The number of rotatable bonds is 3. The van der Waals surface area contributed by atoms with E-state index in [4.69, 9.17) is 5.84 Å². The second-order valence-corrected chi connectivity index (χ2v) is 5.32. The van der Waals surface area contributed by atoms with Crippen LogP contribution in [0.3, 0.4) is 0 Å². The summed E-state index contributed by atoms with van der Waals surface area (Å²) in [5.74, 6) is 6.14. The lowest BCUT2D eigenvalue weighted by atomic mass is 9.89. The van der Waals surface area contributed by atoms with Crippen LogP contribution in [0.5, 0.6) is 0 Å². The van der Waals surface area contributed by atoms with Gasteiger partial charge in [-0.3, -0.25) is 10.4 Å². The third-order valence-electron chi connectivity index (χ3n) is 3.60. The molecule has 0 amide bonds. The van der Waals surface area contributed by atoms with Crippen molar-refractivity contribution < 1.29 is 0 Å². The molecule has 1 aromatic rings. The lowest BCUT2D eigenvalue weighted by molar-refractivity contribution is 0.351. The van der Waals surface area contributed by atoms with Crippen molar-refractivity contribution in [1.29, 1.82) is 0 Å². The van der Waals surface area contributed by atoms with E-state index in [2.05, 4.69) is 22.7 Å². The number of anilines is 1. The van der Waals surface area contributed by atoms with Crippen molar-refractivity contribution in [3.63, 3.8) is 0 Å². The topological polar surface area (TPSA) is 62.4 Å². The van der Waals surface area contributed by atoms with E-state index >= 15 is 0 Å². The molecule has 0 radical (unpaired) electrons. The first-order chi connectivity index (χ1) is 8.72. The molecule has 0 aliphatic heterocycles. The molecule has 98 valence electrons. The summed E-state index contributed by atoms with van der Waals surface area (Å²) < 4.78 is 0. The van der Waals surface area contributed by atoms with Crippen LogP contribution in [0.2, 0.25) is 0 Å². The van der Waals surface area contributed by atoms with Crippen LogP contribution in [0.1, 0.15) is 32.6 Å². The molecule has 0 aromatic heterocycles. The second-order valence-electron chi connectivity index (χ2n) is 5.32. The number of nitrogens with zero attached hydrogens (tertiary/aromatic N) is 1. The Kier molecular flexibility index (Phi) is 4.20. The van der Waals surface area contributed by atoms with E-state index in [-0.39, 0.29) is 0 Å². The molecule has 2 rings (SSSR count). The number of hydrazine groups is 1. The molecular weight excluding hydrogens is 224 g/mol. The van der Waals surface area contributed by atoms with Crippen molar-refractivity contribution >= 4 is 11.6 Å². The molecule has 0 bridgehead atoms. The van der Waals surface area contributed by atoms with E-state index < -0.39 is 0 Å². The molecule has 4 nitrogen and oxygen atoms in total. The molecule has 0 heterocycles. The number of guanidine groups is 1. The molecule has 1 aliphatic carbocycles. The van der Waals surface area contributed by atoms with Crippen molar-refractivity contribution in [1.82, 2.24) is 5.43 Å². The summed E-state index contributed by atoms with van der Waals surface area (Å²) in [6, 6.07) is 9.93. The molecule has 1 saturated carbocycles. The monoisotopic (exact) mass is 246 g/mol. The molecule has 18 heavy (non-hydrogen) atoms. The number of hydrogen-bond donors (Lipinski definition) is 3. The van der Waals surface area contributed by atoms with Gasteiger partial charge in [0.15, 0.2) is 0 Å². The summed E-state index contributed by atoms with van der Waals surface area (Å²) >= 11 is 0. The van der Waals surface area contributed by atoms with E-state index in [0.29, 0.717) is 11.4 Å². The highest BCUT2D eigenvalue weighted by Crippen LogP contribution is 2.37. The lowest BCUT2D eigenvalue weighted by Gasteiger charge is -2.21. The molecule has 0 spiro atoms. The Morgan fingerprint density at radius 2 is 1.94 bits per heavy atom. The zero-order valence-corrected chi connectivity index (χ0v) is 10.9. The van der Waals surface area contributed by atoms with Crippen molar-refractivity contribution in [3.05, 3.63) is 30.3 Å². The number of nitrogens with two attached hydrogens (primary N) is 1. The minimum atomic E-state index is 0.348. The standard InChI is InChI=1S/C14H22N4/c1-14(9-5-6-10-14)11-16-13(18-15)17-12-7-3-2-4-8-12/h2-4,7-8H,5-6,9-11,15H2,1H3,(H2,16,17,18). The Morgan fingerprint density at radius 1 is 1.28 bits per heavy atom. The molecule has 4 N–H and O–H groups in total. The van der Waals surface area contributed by atoms with Crippen LogP contribution < -0.4 is 16.6 Å². The van der Waals surface area contributed by atoms with Crippen LogP contribution in [0.15, 0.2) is 35.3 Å². The summed E-state index contributed by atoms with van der Waals surface area (Å²) in [6.07, 6.45) is 5.17. The van der Waals surface area contributed by atoms with Crippen LogP contribution in [-0.4, -0.2) is 12.5 Å². The van der Waals surface area contributed by atoms with Gasteiger partial charge in [-0.1, -0.05) is 38.0 Å². The van der Waals surface area contributed by atoms with Crippen LogP contribution in [-0.2, 0) is 0 Å². The highest BCUT2D eigenvalue weighted by Gasteiger charge is 2.28. The average Bonchev–Trinajstić information content (AvgIpc) is 2.83. The van der Waals surface area contributed by atoms with Gasteiger partial charge in [0.2, 0.25) is 5.96 Å². The van der Waals surface area contributed by atoms with Crippen molar-refractivity contribution in [2.45, 2.75) is 32.6 Å². The molecule has 1 aromatic carbocycles. The van der Waals surface area contributed by atoms with E-state index in [1.54, 1.807) is 0 Å². The van der Waals surface area contributed by atoms with Gasteiger partial charge >= 0.3 is 0 Å². The summed E-state index contributed by atoms with van der Waals surface area (Å²) in [4.78, 5) is 4.56. The summed E-state index contributed by atoms with van der Waals surface area (Å²) in [5, 5.41) is 3.18. The smallest absolute Gasteiger partial charge is 0.210 e. The van der Waals surface area contributed by atoms with Gasteiger partial charge in [-0.2, -0.15) is 0 Å². The average molecular weight is 246 g/mol. The first-order valence-electron chi connectivity index (χ1n) is 6.55. The number of nitrogens with one attached hydrogen (secondary N) is 2. The van der Waals surface area contributed by atoms with Gasteiger partial charge in [0.1, 0.15) is 0 Å². The lowest BCUT2D eigenvalue weighted by Crippen LogP contribution is -2.37. The molecule has 1 aliphatic rings. The van der Waals surface area contributed by atoms with Gasteiger partial charge in [-0.15, -0.1) is 0 Å². The highest BCUT2D eigenvalue weighted by molar-refractivity contribution is 5.93. The zero-order chi connectivity index (χ0) is 12.8. The first-order valence-corrected chi connectivity index (χ1v) is 6.55. The number of para-hydroxylation sites is 1. The molecule has 0 atom stereocenters. The van der Waals surface area contributed by atoms with Crippen LogP contribution in [0, 0.1) is 5.41 Å². The van der Waals surface area contributed by atoms with Gasteiger partial charge < -0.3 is 5.32 Å². The molecular formula is C14H22N4. The fourth-order valence-electron chi connectivity index (χ4n) is 2.44. The summed E-state index contributed by atoms with van der Waals surface area (Å²) in [7, 11) is 0. The molecule has 0 unspecified atom stereocenters. The van der Waals surface area contributed by atoms with Gasteiger partial charge in [0.05, 0.1) is 0 Å². The quantitative estimate of drug-likeness (QED) is 0.332. The Morgan fingerprint density at radius 3 is 2.56 bits per heavy atom. The van der Waals surface area contributed by atoms with E-state index in [1.165, 1.54) is 25.7 Å². The highest BCUT2D eigenvalue weighted by atomic mass is 15.3. The second kappa shape index (κ2) is 5.87. The van der Waals surface area contributed by atoms with Crippen LogP contribution >= 0.6 is 0 Å². The number of benzene rings is 1. The van der Waals surface area contributed by atoms with Gasteiger partial charge in [-0.25, -0.2) is 5.84 Å². The summed E-state index contributed by atoms with van der Waals surface area (Å²) in [5.41, 5.74) is 3.97. The third-order valence-corrected chi connectivity index (χ3v) is 3.60. The predicted molar refractivity (Wildman–Crippen MR) is 76.3 cm³/mol. The van der Waals surface area contributed by atoms with Gasteiger partial charge in [0, 0.05) is 12.2 Å². The van der Waals surface area contributed by atoms with E-state index in [0.717, 1.165) is 12.2 Å². The zero-order valence-electron chi connectivity index (χ0n) is 10.9. The maximum absolute atomic E-state index is 5.51.